The molecule has 1 aliphatic rings. The SMILES string of the molecule is CC(C)(O)C#Cc1ccc(C=C(F)B2OC(C)(C)C(C)(C)O2)s1. The fraction of sp³-hybridized carbons (Fsp3) is 0.529. The van der Waals surface area contributed by atoms with Crippen molar-refractivity contribution in [1.82, 2.24) is 0 Å². The van der Waals surface area contributed by atoms with Crippen molar-refractivity contribution < 1.29 is 18.8 Å². The van der Waals surface area contributed by atoms with Crippen LogP contribution in [0, 0.1) is 11.8 Å². The lowest BCUT2D eigenvalue weighted by Crippen LogP contribution is -2.41. The quantitative estimate of drug-likeness (QED) is 0.659. The molecule has 0 bridgehead atoms. The molecule has 1 aromatic rings. The van der Waals surface area contributed by atoms with Gasteiger partial charge in [0, 0.05) is 4.88 Å². The Labute approximate surface area is 141 Å². The van der Waals surface area contributed by atoms with E-state index in [2.05, 4.69) is 11.8 Å². The maximum Gasteiger partial charge on any atom is 0.525 e. The first kappa shape index (κ1) is 18.2. The van der Waals surface area contributed by atoms with Crippen molar-refractivity contribution in [3.63, 3.8) is 0 Å². The molecule has 0 aliphatic carbocycles. The van der Waals surface area contributed by atoms with E-state index in [-0.39, 0.29) is 0 Å². The number of aliphatic hydroxyl groups is 1. The molecule has 1 N–H and O–H groups in total. The Hall–Kier alpha value is -1.13. The van der Waals surface area contributed by atoms with Gasteiger partial charge < -0.3 is 14.4 Å². The molecular weight excluding hydrogens is 314 g/mol. The number of hydrogen-bond acceptors (Lipinski definition) is 4. The summed E-state index contributed by atoms with van der Waals surface area (Å²) < 4.78 is 25.8. The molecule has 124 valence electrons. The van der Waals surface area contributed by atoms with Gasteiger partial charge in [-0.05, 0) is 59.8 Å². The Morgan fingerprint density at radius 3 is 2.35 bits per heavy atom. The van der Waals surface area contributed by atoms with Crippen molar-refractivity contribution in [3.05, 3.63) is 27.6 Å². The maximum absolute atomic E-state index is 14.4. The summed E-state index contributed by atoms with van der Waals surface area (Å²) in [4.78, 5) is 1.48. The van der Waals surface area contributed by atoms with E-state index in [1.165, 1.54) is 17.4 Å². The second-order valence-corrected chi connectivity index (χ2v) is 8.24. The first-order chi connectivity index (χ1) is 10.4. The smallest absolute Gasteiger partial charge is 0.398 e. The third-order valence-corrected chi connectivity index (χ3v) is 4.82. The highest BCUT2D eigenvalue weighted by Crippen LogP contribution is 2.39. The van der Waals surface area contributed by atoms with Gasteiger partial charge in [0.1, 0.15) is 11.3 Å². The van der Waals surface area contributed by atoms with Crippen LogP contribution >= 0.6 is 11.3 Å². The molecule has 1 aliphatic heterocycles. The van der Waals surface area contributed by atoms with Crippen LogP contribution in [0.5, 0.6) is 0 Å². The first-order valence-electron chi connectivity index (χ1n) is 7.48. The van der Waals surface area contributed by atoms with Crippen LogP contribution in [-0.2, 0) is 9.31 Å². The van der Waals surface area contributed by atoms with Gasteiger partial charge in [-0.25, -0.2) is 4.39 Å². The number of hydrogen-bond donors (Lipinski definition) is 1. The van der Waals surface area contributed by atoms with Gasteiger partial charge in [0.25, 0.3) is 0 Å². The molecular formula is C17H22BFO3S. The first-order valence-corrected chi connectivity index (χ1v) is 8.29. The highest BCUT2D eigenvalue weighted by atomic mass is 32.1. The van der Waals surface area contributed by atoms with Gasteiger partial charge in [0.2, 0.25) is 0 Å². The van der Waals surface area contributed by atoms with Crippen LogP contribution in [0.4, 0.5) is 4.39 Å². The summed E-state index contributed by atoms with van der Waals surface area (Å²) in [5.74, 6) is 5.61. The van der Waals surface area contributed by atoms with E-state index >= 15 is 0 Å². The van der Waals surface area contributed by atoms with E-state index in [1.54, 1.807) is 26.0 Å². The number of thiophene rings is 1. The number of halogens is 1. The maximum atomic E-state index is 14.4. The van der Waals surface area contributed by atoms with Crippen LogP contribution < -0.4 is 0 Å². The molecule has 0 spiro atoms. The van der Waals surface area contributed by atoms with E-state index in [9.17, 15) is 9.50 Å². The van der Waals surface area contributed by atoms with E-state index in [0.717, 1.165) is 9.75 Å². The van der Waals surface area contributed by atoms with E-state index < -0.39 is 29.6 Å². The molecule has 1 fully saturated rings. The van der Waals surface area contributed by atoms with E-state index in [0.29, 0.717) is 0 Å². The van der Waals surface area contributed by atoms with Crippen LogP contribution in [0.1, 0.15) is 51.3 Å². The molecule has 0 unspecified atom stereocenters. The van der Waals surface area contributed by atoms with Crippen molar-refractivity contribution in [2.24, 2.45) is 0 Å². The molecule has 0 atom stereocenters. The zero-order valence-electron chi connectivity index (χ0n) is 14.4. The summed E-state index contributed by atoms with van der Waals surface area (Å²) in [6, 6.07) is 3.58. The lowest BCUT2D eigenvalue weighted by Gasteiger charge is -2.32. The second-order valence-electron chi connectivity index (χ2n) is 7.13. The van der Waals surface area contributed by atoms with Gasteiger partial charge in [-0.15, -0.1) is 11.3 Å². The zero-order chi connectivity index (χ0) is 17.5. The molecule has 6 heteroatoms. The molecule has 2 rings (SSSR count). The minimum atomic E-state index is -1.05. The second kappa shape index (κ2) is 6.06. The summed E-state index contributed by atoms with van der Waals surface area (Å²) in [6.45, 7) is 10.8. The molecule has 0 aromatic carbocycles. The average molecular weight is 336 g/mol. The van der Waals surface area contributed by atoms with Crippen LogP contribution in [0.15, 0.2) is 17.9 Å². The minimum Gasteiger partial charge on any atom is -0.398 e. The molecule has 3 nitrogen and oxygen atoms in total. The molecule has 0 saturated carbocycles. The standard InChI is InChI=1S/C17H22BFO3S/c1-15(2,20)10-9-12-7-8-13(23-12)11-14(19)18-21-16(3,4)17(5,6)22-18/h7-8,11,20H,1-6H3. The molecule has 1 saturated heterocycles. The van der Waals surface area contributed by atoms with Crippen molar-refractivity contribution in [2.75, 3.05) is 0 Å². The van der Waals surface area contributed by atoms with Crippen molar-refractivity contribution in [3.8, 4) is 11.8 Å². The van der Waals surface area contributed by atoms with Gasteiger partial charge in [-0.2, -0.15) is 0 Å². The summed E-state index contributed by atoms with van der Waals surface area (Å²) in [5, 5.41) is 9.60. The Bertz CT molecular complexity index is 658. The van der Waals surface area contributed by atoms with Crippen molar-refractivity contribution in [2.45, 2.75) is 58.3 Å². The highest BCUT2D eigenvalue weighted by Gasteiger charge is 2.53. The van der Waals surface area contributed by atoms with Gasteiger partial charge in [-0.3, -0.25) is 0 Å². The normalized spacial score (nSPS) is 20.3. The Kier molecular flexibility index (Phi) is 4.80. The minimum absolute atomic E-state index is 0.465. The van der Waals surface area contributed by atoms with Gasteiger partial charge in [-0.1, -0.05) is 11.8 Å². The monoisotopic (exact) mass is 336 g/mol. The summed E-state index contributed by atoms with van der Waals surface area (Å²) in [6.07, 6.45) is 1.40. The summed E-state index contributed by atoms with van der Waals surface area (Å²) in [5.41, 5.74) is -2.65. The Morgan fingerprint density at radius 2 is 1.83 bits per heavy atom. The molecule has 2 heterocycles. The van der Waals surface area contributed by atoms with Crippen molar-refractivity contribution >= 4 is 24.5 Å². The predicted molar refractivity (Wildman–Crippen MR) is 92.7 cm³/mol. The largest absolute Gasteiger partial charge is 0.525 e. The van der Waals surface area contributed by atoms with E-state index in [4.69, 9.17) is 9.31 Å². The van der Waals surface area contributed by atoms with Crippen LogP contribution in [-0.4, -0.2) is 29.0 Å². The Balaban J connectivity index is 2.14. The van der Waals surface area contributed by atoms with Crippen LogP contribution in [0.3, 0.4) is 0 Å². The number of rotatable bonds is 2. The fourth-order valence-corrected chi connectivity index (χ4v) is 2.67. The molecule has 0 radical (unpaired) electrons. The average Bonchev–Trinajstić information content (AvgIpc) is 2.89. The summed E-state index contributed by atoms with van der Waals surface area (Å²) >= 11 is 1.35. The zero-order valence-corrected chi connectivity index (χ0v) is 15.2. The third-order valence-electron chi connectivity index (χ3n) is 3.88. The van der Waals surface area contributed by atoms with Crippen molar-refractivity contribution in [1.29, 1.82) is 0 Å². The van der Waals surface area contributed by atoms with Crippen LogP contribution in [0.2, 0.25) is 0 Å². The fourth-order valence-electron chi connectivity index (χ4n) is 1.87. The lowest BCUT2D eigenvalue weighted by molar-refractivity contribution is 0.00578. The topological polar surface area (TPSA) is 38.7 Å². The predicted octanol–water partition coefficient (Wildman–Crippen LogP) is 3.81. The van der Waals surface area contributed by atoms with Crippen LogP contribution in [0.25, 0.3) is 6.08 Å². The third kappa shape index (κ3) is 4.45. The molecule has 23 heavy (non-hydrogen) atoms. The Morgan fingerprint density at radius 1 is 1.26 bits per heavy atom. The van der Waals surface area contributed by atoms with Gasteiger partial charge in [0.15, 0.2) is 0 Å². The lowest BCUT2D eigenvalue weighted by atomic mass is 9.87. The highest BCUT2D eigenvalue weighted by molar-refractivity contribution is 7.13. The molecule has 0 amide bonds. The summed E-state index contributed by atoms with van der Waals surface area (Å²) in [7, 11) is -0.993. The van der Waals surface area contributed by atoms with E-state index in [1.807, 2.05) is 27.7 Å². The van der Waals surface area contributed by atoms with Gasteiger partial charge in [0.05, 0.1) is 16.1 Å². The molecule has 1 aromatic heterocycles. The van der Waals surface area contributed by atoms with Gasteiger partial charge >= 0.3 is 7.12 Å².